The molecule has 0 fully saturated rings. The second-order valence-corrected chi connectivity index (χ2v) is 18.0. The molecule has 1 aliphatic heterocycles. The van der Waals surface area contributed by atoms with E-state index in [1.54, 1.807) is 98.7 Å². The Kier molecular flexibility index (Phi) is 18.2. The Balaban J connectivity index is 2.20. The van der Waals surface area contributed by atoms with Crippen LogP contribution in [0.2, 0.25) is 0 Å². The maximum Gasteiger partial charge on any atom is 0.407 e. The summed E-state index contributed by atoms with van der Waals surface area (Å²) in [6.45, 7) is 16.5. The maximum atomic E-state index is 14.4. The molecule has 0 unspecified atom stereocenters. The molecule has 4 bridgehead atoms. The Morgan fingerprint density at radius 2 is 1.22 bits per heavy atom. The van der Waals surface area contributed by atoms with E-state index in [1.165, 1.54) is 21.1 Å². The van der Waals surface area contributed by atoms with Crippen LogP contribution in [0.1, 0.15) is 86.4 Å². The van der Waals surface area contributed by atoms with Gasteiger partial charge in [0.25, 0.3) is 0 Å². The second-order valence-electron chi connectivity index (χ2n) is 18.0. The van der Waals surface area contributed by atoms with Crippen molar-refractivity contribution in [2.75, 3.05) is 47.0 Å². The molecule has 20 heteroatoms. The Hall–Kier alpha value is -6.31. The number of fused-ring (bicyclic) bond motifs is 5. The number of hydrogen-bond acceptors (Lipinski definition) is 14. The van der Waals surface area contributed by atoms with Gasteiger partial charge in [-0.1, -0.05) is 12.1 Å². The minimum atomic E-state index is -1.44. The van der Waals surface area contributed by atoms with Gasteiger partial charge in [-0.25, -0.2) is 19.2 Å². The molecule has 0 radical (unpaired) electrons. The summed E-state index contributed by atoms with van der Waals surface area (Å²) in [4.78, 5) is 93.2. The van der Waals surface area contributed by atoms with Crippen LogP contribution in [0.25, 0.3) is 11.1 Å². The lowest BCUT2D eigenvalue weighted by atomic mass is 9.93. The molecule has 0 aliphatic carbocycles. The molecular weight excluding hydrogens is 835 g/mol. The van der Waals surface area contributed by atoms with E-state index in [0.717, 1.165) is 4.90 Å². The van der Waals surface area contributed by atoms with Crippen LogP contribution in [-0.4, -0.2) is 129 Å². The first-order chi connectivity index (χ1) is 29.7. The van der Waals surface area contributed by atoms with Crippen molar-refractivity contribution in [2.45, 2.75) is 117 Å². The van der Waals surface area contributed by atoms with Crippen LogP contribution in [0.15, 0.2) is 36.4 Å². The van der Waals surface area contributed by atoms with Crippen LogP contribution < -0.4 is 41.8 Å². The fourth-order valence-corrected chi connectivity index (χ4v) is 6.11. The van der Waals surface area contributed by atoms with Crippen molar-refractivity contribution >= 4 is 42.0 Å². The summed E-state index contributed by atoms with van der Waals surface area (Å²) in [5.41, 5.74) is 5.54. The van der Waals surface area contributed by atoms with Crippen molar-refractivity contribution in [2.24, 2.45) is 5.73 Å². The van der Waals surface area contributed by atoms with Crippen molar-refractivity contribution in [3.8, 4) is 22.6 Å². The van der Waals surface area contributed by atoms with Gasteiger partial charge in [0.1, 0.15) is 65.7 Å². The van der Waals surface area contributed by atoms with Gasteiger partial charge in [0.2, 0.25) is 17.7 Å². The van der Waals surface area contributed by atoms with E-state index in [9.17, 15) is 33.6 Å². The number of carbonyl (C=O) groups excluding carboxylic acids is 7. The lowest BCUT2D eigenvalue weighted by Gasteiger charge is -2.31. The number of nitrogens with zero attached hydrogens (tertiary/aromatic N) is 1. The Morgan fingerprint density at radius 3 is 1.72 bits per heavy atom. The lowest BCUT2D eigenvalue weighted by Crippen LogP contribution is -2.55. The van der Waals surface area contributed by atoms with Crippen molar-refractivity contribution in [1.82, 2.24) is 31.5 Å². The van der Waals surface area contributed by atoms with Crippen molar-refractivity contribution in [1.29, 1.82) is 0 Å². The molecule has 20 nitrogen and oxygen atoms in total. The first-order valence-corrected chi connectivity index (χ1v) is 20.8. The quantitative estimate of drug-likeness (QED) is 0.0959. The highest BCUT2D eigenvalue weighted by Crippen LogP contribution is 2.40. The van der Waals surface area contributed by atoms with Crippen LogP contribution >= 0.6 is 0 Å². The summed E-state index contributed by atoms with van der Waals surface area (Å²) >= 11 is 0. The predicted octanol–water partition coefficient (Wildman–Crippen LogP) is 3.23. The average molecular weight is 900 g/mol. The number of esters is 1. The maximum absolute atomic E-state index is 14.4. The molecule has 1 heterocycles. The number of nitrogens with two attached hydrogens (primary N) is 1. The smallest absolute Gasteiger partial charge is 0.407 e. The summed E-state index contributed by atoms with van der Waals surface area (Å²) in [7, 11) is 2.52. The molecular formula is C44H65N7O13. The molecule has 2 aromatic rings. The van der Waals surface area contributed by atoms with Crippen molar-refractivity contribution in [3.05, 3.63) is 47.5 Å². The van der Waals surface area contributed by atoms with Gasteiger partial charge in [0, 0.05) is 31.1 Å². The molecule has 6 amide bonds. The van der Waals surface area contributed by atoms with E-state index < -0.39 is 82.9 Å². The minimum Gasteiger partial charge on any atom is -0.491 e. The van der Waals surface area contributed by atoms with Gasteiger partial charge in [0.15, 0.2) is 0 Å². The molecule has 64 heavy (non-hydrogen) atoms. The topological polar surface area (TPSA) is 264 Å². The number of alkyl carbamates (subject to hydrolysis) is 3. The number of nitrogens with one attached hydrogen (secondary N) is 5. The van der Waals surface area contributed by atoms with E-state index in [0.29, 0.717) is 16.7 Å². The predicted molar refractivity (Wildman–Crippen MR) is 234 cm³/mol. The highest BCUT2D eigenvalue weighted by molar-refractivity contribution is 5.95. The van der Waals surface area contributed by atoms with Crippen LogP contribution in [0, 0.1) is 0 Å². The Bertz CT molecular complexity index is 2010. The number of rotatable bonds is 13. The third kappa shape index (κ3) is 16.8. The molecule has 4 atom stereocenters. The van der Waals surface area contributed by atoms with Crippen molar-refractivity contribution < 1.29 is 62.0 Å². The van der Waals surface area contributed by atoms with Gasteiger partial charge in [-0.3, -0.25) is 14.4 Å². The highest BCUT2D eigenvalue weighted by Gasteiger charge is 2.35. The van der Waals surface area contributed by atoms with Gasteiger partial charge >= 0.3 is 24.2 Å². The second kappa shape index (κ2) is 22.4. The van der Waals surface area contributed by atoms with Gasteiger partial charge in [-0.05, 0) is 105 Å². The SMILES string of the molecule is COC(=O)[C@@H]1Cc2ccc(OCCNC(=O)OC(C)(C)C)c(c2)-c2cc(ccc2OCCNC(=O)OC(C)(C)C)[C@H](N(C)C(=O)[C@@H](N)CNC(=O)OC(C)(C)C)C(=O)N[C@@H](C)C(=O)N1. The van der Waals surface area contributed by atoms with Crippen LogP contribution in [0.3, 0.4) is 0 Å². The molecule has 2 aromatic carbocycles. The number of amides is 6. The molecule has 0 saturated carbocycles. The standard InChI is InChI=1S/C44H65N7O13/c1-25-35(52)50-31(38(55)59-12)22-26-13-15-32(60-19-17-46-39(56)62-42(2,3)4)28(21-26)29-23-27(14-16-33(29)61-20-18-47-40(57)63-43(5,6)7)34(36(53)49-25)51(11)37(54)30(45)24-48-41(58)64-44(8,9)10/h13-16,21,23,25,30-31,34H,17-20,22,24,45H2,1-12H3,(H,46,56)(H,47,57)(H,48,58)(H,49,53)(H,50,52)/t25-,30-,31-,34-/m0/s1. The monoisotopic (exact) mass is 899 g/mol. The number of hydrogen-bond donors (Lipinski definition) is 6. The first-order valence-electron chi connectivity index (χ1n) is 20.8. The lowest BCUT2D eigenvalue weighted by molar-refractivity contribution is -0.145. The van der Waals surface area contributed by atoms with Crippen LogP contribution in [0.4, 0.5) is 14.4 Å². The Labute approximate surface area is 374 Å². The fourth-order valence-electron chi connectivity index (χ4n) is 6.11. The van der Waals surface area contributed by atoms with Gasteiger partial charge in [-0.15, -0.1) is 0 Å². The van der Waals surface area contributed by atoms with Gasteiger partial charge < -0.3 is 65.6 Å². The zero-order valence-electron chi connectivity index (χ0n) is 38.8. The number of carbonyl (C=O) groups is 7. The first kappa shape index (κ1) is 52.0. The molecule has 0 spiro atoms. The third-order valence-corrected chi connectivity index (χ3v) is 8.87. The van der Waals surface area contributed by atoms with Gasteiger partial charge in [0.05, 0.1) is 20.2 Å². The molecule has 1 aliphatic rings. The van der Waals surface area contributed by atoms with E-state index in [-0.39, 0.29) is 56.3 Å². The number of methoxy groups -OCH3 is 1. The Morgan fingerprint density at radius 1 is 0.734 bits per heavy atom. The molecule has 3 rings (SSSR count). The summed E-state index contributed by atoms with van der Waals surface area (Å²) < 4.78 is 33.4. The van der Waals surface area contributed by atoms with Crippen LogP contribution in [0.5, 0.6) is 11.5 Å². The van der Waals surface area contributed by atoms with Gasteiger partial charge in [-0.2, -0.15) is 0 Å². The molecule has 0 aromatic heterocycles. The third-order valence-electron chi connectivity index (χ3n) is 8.87. The van der Waals surface area contributed by atoms with E-state index in [2.05, 4.69) is 26.6 Å². The number of likely N-dealkylation sites (N-methyl/N-ethyl adjacent to an activating group) is 1. The zero-order chi connectivity index (χ0) is 48.2. The number of ether oxygens (including phenoxy) is 6. The van der Waals surface area contributed by atoms with Crippen LogP contribution in [-0.2, 0) is 44.5 Å². The van der Waals surface area contributed by atoms with Crippen molar-refractivity contribution in [3.63, 3.8) is 0 Å². The average Bonchev–Trinajstić information content (AvgIpc) is 3.17. The summed E-state index contributed by atoms with van der Waals surface area (Å²) in [5.74, 6) is -2.48. The molecule has 0 saturated heterocycles. The minimum absolute atomic E-state index is 0.0303. The molecule has 354 valence electrons. The van der Waals surface area contributed by atoms with E-state index >= 15 is 0 Å². The normalized spacial score (nSPS) is 17.2. The fraction of sp³-hybridized carbons (Fsp3) is 0.568. The summed E-state index contributed by atoms with van der Waals surface area (Å²) in [5, 5.41) is 13.1. The van der Waals surface area contributed by atoms with E-state index in [1.807, 2.05) is 0 Å². The zero-order valence-corrected chi connectivity index (χ0v) is 38.8. The molecule has 7 N–H and O–H groups in total. The summed E-state index contributed by atoms with van der Waals surface area (Å²) in [6, 6.07) is 4.57. The largest absolute Gasteiger partial charge is 0.491 e. The van der Waals surface area contributed by atoms with E-state index in [4.69, 9.17) is 34.2 Å². The summed E-state index contributed by atoms with van der Waals surface area (Å²) in [6.07, 6.45) is -2.15. The number of benzene rings is 2. The highest BCUT2D eigenvalue weighted by atomic mass is 16.6.